The number of halogens is 2. The van der Waals surface area contributed by atoms with Crippen molar-refractivity contribution < 1.29 is 9.13 Å². The minimum atomic E-state index is -0.230. The van der Waals surface area contributed by atoms with Gasteiger partial charge in [0.25, 0.3) is 0 Å². The predicted molar refractivity (Wildman–Crippen MR) is 52.7 cm³/mol. The van der Waals surface area contributed by atoms with Crippen molar-refractivity contribution in [1.29, 1.82) is 0 Å². The average Bonchev–Trinajstić information content (AvgIpc) is 2.10. The molecule has 0 fully saturated rings. The number of alkyl halides is 2. The minimum absolute atomic E-state index is 0.230. The zero-order chi connectivity index (χ0) is 9.23. The second-order valence-electron chi connectivity index (χ2n) is 2.57. The normalized spacial score (nSPS) is 11.0. The smallest absolute Gasteiger partial charge is 0.0906 e. The lowest BCUT2D eigenvalue weighted by atomic mass is 10.4. The zero-order valence-electron chi connectivity index (χ0n) is 7.56. The molecule has 4 heteroatoms. The summed E-state index contributed by atoms with van der Waals surface area (Å²) in [4.78, 5) is 2.19. The van der Waals surface area contributed by atoms with Gasteiger partial charge >= 0.3 is 0 Å². The van der Waals surface area contributed by atoms with Crippen LogP contribution in [0.25, 0.3) is 0 Å². The van der Waals surface area contributed by atoms with Gasteiger partial charge in [0, 0.05) is 32.1 Å². The van der Waals surface area contributed by atoms with Crippen LogP contribution in [0.4, 0.5) is 4.39 Å². The van der Waals surface area contributed by atoms with E-state index in [-0.39, 0.29) is 6.67 Å². The van der Waals surface area contributed by atoms with Crippen LogP contribution in [0.15, 0.2) is 0 Å². The first-order valence-electron chi connectivity index (χ1n) is 4.18. The predicted octanol–water partition coefficient (Wildman–Crippen LogP) is 1.69. The largest absolute Gasteiger partial charge is 0.383 e. The summed E-state index contributed by atoms with van der Waals surface area (Å²) in [5.41, 5.74) is 0. The van der Waals surface area contributed by atoms with Gasteiger partial charge in [-0.2, -0.15) is 0 Å². The van der Waals surface area contributed by atoms with Gasteiger partial charge in [-0.25, -0.2) is 0 Å². The first-order chi connectivity index (χ1) is 5.85. The van der Waals surface area contributed by atoms with Crippen LogP contribution in [0.5, 0.6) is 0 Å². The minimum Gasteiger partial charge on any atom is -0.383 e. The van der Waals surface area contributed by atoms with E-state index in [0.717, 1.165) is 31.6 Å². The Morgan fingerprint density at radius 3 is 2.58 bits per heavy atom. The molecule has 0 aliphatic heterocycles. The summed E-state index contributed by atoms with van der Waals surface area (Å²) in [7, 11) is 1.68. The lowest BCUT2D eigenvalue weighted by molar-refractivity contribution is 0.149. The number of hydrogen-bond donors (Lipinski definition) is 0. The Balaban J connectivity index is 3.40. The molecule has 0 radical (unpaired) electrons. The van der Waals surface area contributed by atoms with Crippen molar-refractivity contribution in [3.8, 4) is 0 Å². The number of hydrogen-bond acceptors (Lipinski definition) is 2. The number of rotatable bonds is 8. The SMILES string of the molecule is COCCN(CCBr)CCCF. The molecule has 0 aromatic carbocycles. The van der Waals surface area contributed by atoms with Crippen molar-refractivity contribution >= 4 is 15.9 Å². The van der Waals surface area contributed by atoms with E-state index < -0.39 is 0 Å². The van der Waals surface area contributed by atoms with Crippen molar-refractivity contribution in [2.45, 2.75) is 6.42 Å². The number of nitrogens with zero attached hydrogens (tertiary/aromatic N) is 1. The molecule has 0 saturated carbocycles. The van der Waals surface area contributed by atoms with Crippen LogP contribution in [-0.4, -0.2) is 50.3 Å². The maximum atomic E-state index is 11.8. The van der Waals surface area contributed by atoms with Crippen LogP contribution in [0, 0.1) is 0 Å². The first-order valence-corrected chi connectivity index (χ1v) is 5.30. The molecule has 0 aliphatic carbocycles. The monoisotopic (exact) mass is 241 g/mol. The highest BCUT2D eigenvalue weighted by Gasteiger charge is 2.02. The lowest BCUT2D eigenvalue weighted by Crippen LogP contribution is -2.30. The van der Waals surface area contributed by atoms with E-state index in [0.29, 0.717) is 6.42 Å². The quantitative estimate of drug-likeness (QED) is 0.600. The number of methoxy groups -OCH3 is 1. The summed E-state index contributed by atoms with van der Waals surface area (Å²) in [5, 5.41) is 0.934. The van der Waals surface area contributed by atoms with E-state index in [1.54, 1.807) is 7.11 Å². The van der Waals surface area contributed by atoms with E-state index in [1.807, 2.05) is 0 Å². The Bertz CT molecular complexity index is 87.1. The van der Waals surface area contributed by atoms with Gasteiger partial charge in [0.15, 0.2) is 0 Å². The standard InChI is InChI=1S/C8H17BrFNO/c1-12-8-7-11(6-3-9)5-2-4-10/h2-8H2,1H3. The van der Waals surface area contributed by atoms with Gasteiger partial charge in [-0.05, 0) is 6.42 Å². The highest BCUT2D eigenvalue weighted by atomic mass is 79.9. The van der Waals surface area contributed by atoms with Gasteiger partial charge in [-0.3, -0.25) is 4.39 Å². The zero-order valence-corrected chi connectivity index (χ0v) is 9.15. The Morgan fingerprint density at radius 2 is 2.08 bits per heavy atom. The fourth-order valence-electron chi connectivity index (χ4n) is 0.959. The van der Waals surface area contributed by atoms with Crippen LogP contribution in [0.2, 0.25) is 0 Å². The molecule has 0 aromatic rings. The van der Waals surface area contributed by atoms with Crippen molar-refractivity contribution in [2.24, 2.45) is 0 Å². The maximum absolute atomic E-state index is 11.8. The molecule has 0 spiro atoms. The van der Waals surface area contributed by atoms with Crippen molar-refractivity contribution in [1.82, 2.24) is 4.90 Å². The summed E-state index contributed by atoms with van der Waals surface area (Å²) in [6.45, 7) is 3.17. The third-order valence-electron chi connectivity index (χ3n) is 1.62. The van der Waals surface area contributed by atoms with Crippen molar-refractivity contribution in [2.75, 3.05) is 45.4 Å². The van der Waals surface area contributed by atoms with E-state index in [2.05, 4.69) is 20.8 Å². The van der Waals surface area contributed by atoms with Gasteiger partial charge in [-0.15, -0.1) is 0 Å². The van der Waals surface area contributed by atoms with Crippen molar-refractivity contribution in [3.05, 3.63) is 0 Å². The molecule has 2 nitrogen and oxygen atoms in total. The van der Waals surface area contributed by atoms with Gasteiger partial charge in [0.05, 0.1) is 13.3 Å². The molecule has 12 heavy (non-hydrogen) atoms. The van der Waals surface area contributed by atoms with Gasteiger partial charge in [0.1, 0.15) is 0 Å². The number of ether oxygens (including phenoxy) is 1. The fourth-order valence-corrected chi connectivity index (χ4v) is 1.46. The fraction of sp³-hybridized carbons (Fsp3) is 1.00. The molecule has 0 heterocycles. The highest BCUT2D eigenvalue weighted by Crippen LogP contribution is 1.94. The van der Waals surface area contributed by atoms with Crippen molar-refractivity contribution in [3.63, 3.8) is 0 Å². The molecule has 0 atom stereocenters. The molecule has 0 aromatic heterocycles. The summed E-state index contributed by atoms with van der Waals surface area (Å²) in [6, 6.07) is 0. The third kappa shape index (κ3) is 7.00. The highest BCUT2D eigenvalue weighted by molar-refractivity contribution is 9.09. The molecule has 0 bridgehead atoms. The van der Waals surface area contributed by atoms with Gasteiger partial charge in [0.2, 0.25) is 0 Å². The lowest BCUT2D eigenvalue weighted by Gasteiger charge is -2.19. The summed E-state index contributed by atoms with van der Waals surface area (Å²) in [6.07, 6.45) is 0.622. The summed E-state index contributed by atoms with van der Waals surface area (Å²) < 4.78 is 16.8. The molecule has 74 valence electrons. The van der Waals surface area contributed by atoms with E-state index >= 15 is 0 Å². The van der Waals surface area contributed by atoms with Gasteiger partial charge in [-0.1, -0.05) is 15.9 Å². The molecular weight excluding hydrogens is 225 g/mol. The molecule has 0 aliphatic rings. The third-order valence-corrected chi connectivity index (χ3v) is 1.97. The van der Waals surface area contributed by atoms with E-state index in [1.165, 1.54) is 0 Å². The van der Waals surface area contributed by atoms with Crippen LogP contribution < -0.4 is 0 Å². The Morgan fingerprint density at radius 1 is 1.33 bits per heavy atom. The van der Waals surface area contributed by atoms with E-state index in [4.69, 9.17) is 4.74 Å². The second kappa shape index (κ2) is 9.42. The maximum Gasteiger partial charge on any atom is 0.0906 e. The molecule has 0 amide bonds. The van der Waals surface area contributed by atoms with Gasteiger partial charge < -0.3 is 9.64 Å². The molecule has 0 unspecified atom stereocenters. The van der Waals surface area contributed by atoms with Crippen LogP contribution in [-0.2, 0) is 4.74 Å². The Kier molecular flexibility index (Phi) is 9.68. The summed E-state index contributed by atoms with van der Waals surface area (Å²) in [5.74, 6) is 0. The average molecular weight is 242 g/mol. The molecule has 0 saturated heterocycles. The summed E-state index contributed by atoms with van der Waals surface area (Å²) >= 11 is 3.36. The first kappa shape index (κ1) is 12.3. The molecule has 0 rings (SSSR count). The van der Waals surface area contributed by atoms with Crippen LogP contribution in [0.1, 0.15) is 6.42 Å². The molecule has 0 N–H and O–H groups in total. The second-order valence-corrected chi connectivity index (χ2v) is 3.36. The Labute approximate surface area is 82.2 Å². The topological polar surface area (TPSA) is 12.5 Å². The molecular formula is C8H17BrFNO. The Hall–Kier alpha value is 0.330. The van der Waals surface area contributed by atoms with Crippen LogP contribution >= 0.6 is 15.9 Å². The van der Waals surface area contributed by atoms with E-state index in [9.17, 15) is 4.39 Å². The van der Waals surface area contributed by atoms with Crippen LogP contribution in [0.3, 0.4) is 0 Å².